The van der Waals surface area contributed by atoms with Crippen molar-refractivity contribution >= 4 is 0 Å². The van der Waals surface area contributed by atoms with Crippen molar-refractivity contribution in [2.24, 2.45) is 11.8 Å². The summed E-state index contributed by atoms with van der Waals surface area (Å²) in [6.07, 6.45) is 10.2. The zero-order valence-electron chi connectivity index (χ0n) is 7.97. The average Bonchev–Trinajstić information content (AvgIpc) is 2.06. The molecule has 0 aromatic carbocycles. The number of nitrogens with one attached hydrogen (secondary N) is 1. The lowest BCUT2D eigenvalue weighted by Crippen LogP contribution is -2.35. The number of rotatable bonds is 5. The van der Waals surface area contributed by atoms with E-state index in [-0.39, 0.29) is 0 Å². The predicted octanol–water partition coefficient (Wildman–Crippen LogP) is 2.04. The van der Waals surface area contributed by atoms with E-state index in [2.05, 4.69) is 18.2 Å². The summed E-state index contributed by atoms with van der Waals surface area (Å²) in [6.45, 7) is 4.53. The van der Waals surface area contributed by atoms with E-state index in [4.69, 9.17) is 6.42 Å². The lowest BCUT2D eigenvalue weighted by atomic mass is 9.72. The Morgan fingerprint density at radius 2 is 2.17 bits per heavy atom. The van der Waals surface area contributed by atoms with Crippen molar-refractivity contribution in [3.05, 3.63) is 0 Å². The van der Waals surface area contributed by atoms with Crippen molar-refractivity contribution in [2.75, 3.05) is 13.1 Å². The monoisotopic (exact) mass is 165 g/mol. The highest BCUT2D eigenvalue weighted by Crippen LogP contribution is 2.35. The van der Waals surface area contributed by atoms with E-state index in [1.54, 1.807) is 0 Å². The summed E-state index contributed by atoms with van der Waals surface area (Å²) in [7, 11) is 0. The molecule has 0 aliphatic heterocycles. The summed E-state index contributed by atoms with van der Waals surface area (Å²) in [5, 5.41) is 3.46. The third-order valence-electron chi connectivity index (χ3n) is 2.79. The summed E-state index contributed by atoms with van der Waals surface area (Å²) in [5.74, 6) is 4.45. The van der Waals surface area contributed by atoms with E-state index in [9.17, 15) is 0 Å². The largest absolute Gasteiger partial charge is 0.316 e. The van der Waals surface area contributed by atoms with Gasteiger partial charge in [0, 0.05) is 6.42 Å². The summed E-state index contributed by atoms with van der Waals surface area (Å²) >= 11 is 0. The maximum atomic E-state index is 5.29. The van der Waals surface area contributed by atoms with Crippen LogP contribution in [0.25, 0.3) is 0 Å². The minimum absolute atomic E-state index is 0.819. The molecule has 0 bridgehead atoms. The van der Waals surface area contributed by atoms with E-state index in [1.807, 2.05) is 0 Å². The predicted molar refractivity (Wildman–Crippen MR) is 52.8 cm³/mol. The lowest BCUT2D eigenvalue weighted by molar-refractivity contribution is 0.176. The van der Waals surface area contributed by atoms with Gasteiger partial charge in [-0.2, -0.15) is 0 Å². The molecule has 2 atom stereocenters. The van der Waals surface area contributed by atoms with Crippen LogP contribution in [0.3, 0.4) is 0 Å². The molecule has 0 heterocycles. The summed E-state index contributed by atoms with van der Waals surface area (Å²) in [6, 6.07) is 0. The molecule has 1 fully saturated rings. The van der Waals surface area contributed by atoms with Crippen molar-refractivity contribution in [3.8, 4) is 12.3 Å². The van der Waals surface area contributed by atoms with Crippen molar-refractivity contribution in [1.82, 2.24) is 5.32 Å². The first-order chi connectivity index (χ1) is 5.88. The van der Waals surface area contributed by atoms with Crippen LogP contribution >= 0.6 is 0 Å². The minimum atomic E-state index is 0.819. The quantitative estimate of drug-likeness (QED) is 0.485. The third-order valence-corrected chi connectivity index (χ3v) is 2.79. The molecule has 1 aliphatic rings. The molecule has 1 N–H and O–H groups in total. The molecule has 12 heavy (non-hydrogen) atoms. The second kappa shape index (κ2) is 5.22. The van der Waals surface area contributed by atoms with E-state index in [1.165, 1.54) is 25.8 Å². The van der Waals surface area contributed by atoms with Crippen molar-refractivity contribution < 1.29 is 0 Å². The molecule has 0 saturated heterocycles. The summed E-state index contributed by atoms with van der Waals surface area (Å²) in [5.41, 5.74) is 0. The second-order valence-electron chi connectivity index (χ2n) is 3.71. The van der Waals surface area contributed by atoms with Crippen LogP contribution in [0, 0.1) is 24.2 Å². The summed E-state index contributed by atoms with van der Waals surface area (Å²) < 4.78 is 0. The fraction of sp³-hybridized carbons (Fsp3) is 0.818. The Morgan fingerprint density at radius 1 is 1.42 bits per heavy atom. The number of hydrogen-bond acceptors (Lipinski definition) is 1. The van der Waals surface area contributed by atoms with Gasteiger partial charge in [-0.15, -0.1) is 12.3 Å². The normalized spacial score (nSPS) is 27.7. The van der Waals surface area contributed by atoms with Crippen LogP contribution in [-0.2, 0) is 0 Å². The first kappa shape index (κ1) is 9.61. The van der Waals surface area contributed by atoms with Crippen LogP contribution in [0.15, 0.2) is 0 Å². The van der Waals surface area contributed by atoms with Gasteiger partial charge in [0.05, 0.1) is 0 Å². The number of terminal acetylenes is 1. The van der Waals surface area contributed by atoms with Crippen LogP contribution in [0.5, 0.6) is 0 Å². The van der Waals surface area contributed by atoms with Gasteiger partial charge < -0.3 is 5.32 Å². The Labute approximate surface area is 75.9 Å². The Balaban J connectivity index is 2.05. The molecule has 0 amide bonds. The van der Waals surface area contributed by atoms with Gasteiger partial charge in [-0.05, 0) is 44.2 Å². The van der Waals surface area contributed by atoms with E-state index >= 15 is 0 Å². The molecular weight excluding hydrogens is 146 g/mol. The molecule has 1 nitrogen and oxygen atoms in total. The Morgan fingerprint density at radius 3 is 2.67 bits per heavy atom. The van der Waals surface area contributed by atoms with E-state index < -0.39 is 0 Å². The highest BCUT2D eigenvalue weighted by Gasteiger charge is 2.28. The van der Waals surface area contributed by atoms with Gasteiger partial charge in [0.25, 0.3) is 0 Å². The Hall–Kier alpha value is -0.480. The van der Waals surface area contributed by atoms with Gasteiger partial charge in [0.15, 0.2) is 0 Å². The molecule has 68 valence electrons. The molecule has 0 radical (unpaired) electrons. The van der Waals surface area contributed by atoms with Crippen molar-refractivity contribution in [1.29, 1.82) is 0 Å². The standard InChI is InChI=1S/C11H19N/c1-3-5-10-6-7-11(10)9-12-8-4-2/h1,10-12H,4-9H2,2H3. The van der Waals surface area contributed by atoms with E-state index in [0.29, 0.717) is 0 Å². The number of hydrogen-bond donors (Lipinski definition) is 1. The maximum absolute atomic E-state index is 5.29. The van der Waals surface area contributed by atoms with Gasteiger partial charge in [-0.1, -0.05) is 6.92 Å². The second-order valence-corrected chi connectivity index (χ2v) is 3.71. The van der Waals surface area contributed by atoms with Crippen molar-refractivity contribution in [2.45, 2.75) is 32.6 Å². The average molecular weight is 165 g/mol. The molecule has 0 aromatic heterocycles. The highest BCUT2D eigenvalue weighted by molar-refractivity contribution is 4.93. The van der Waals surface area contributed by atoms with Crippen LogP contribution in [-0.4, -0.2) is 13.1 Å². The molecular formula is C11H19N. The first-order valence-electron chi connectivity index (χ1n) is 5.02. The zero-order chi connectivity index (χ0) is 8.81. The van der Waals surface area contributed by atoms with Gasteiger partial charge in [0.2, 0.25) is 0 Å². The van der Waals surface area contributed by atoms with Gasteiger partial charge >= 0.3 is 0 Å². The topological polar surface area (TPSA) is 12.0 Å². The fourth-order valence-corrected chi connectivity index (χ4v) is 1.79. The molecule has 1 rings (SSSR count). The Kier molecular flexibility index (Phi) is 4.18. The fourth-order valence-electron chi connectivity index (χ4n) is 1.79. The van der Waals surface area contributed by atoms with Crippen LogP contribution < -0.4 is 5.32 Å². The van der Waals surface area contributed by atoms with Crippen molar-refractivity contribution in [3.63, 3.8) is 0 Å². The minimum Gasteiger partial charge on any atom is -0.316 e. The van der Waals surface area contributed by atoms with Crippen LogP contribution in [0.1, 0.15) is 32.6 Å². The van der Waals surface area contributed by atoms with Crippen LogP contribution in [0.4, 0.5) is 0 Å². The molecule has 1 heteroatoms. The molecule has 0 aromatic rings. The summed E-state index contributed by atoms with van der Waals surface area (Å²) in [4.78, 5) is 0. The first-order valence-corrected chi connectivity index (χ1v) is 5.02. The molecule has 2 unspecified atom stereocenters. The smallest absolute Gasteiger partial charge is 0.0117 e. The van der Waals surface area contributed by atoms with E-state index in [0.717, 1.165) is 24.8 Å². The van der Waals surface area contributed by atoms with Crippen LogP contribution in [0.2, 0.25) is 0 Å². The SMILES string of the molecule is C#CCC1CCC1CNCCC. The molecule has 1 saturated carbocycles. The Bertz CT molecular complexity index is 157. The van der Waals surface area contributed by atoms with Gasteiger partial charge in [-0.3, -0.25) is 0 Å². The third kappa shape index (κ3) is 2.53. The lowest BCUT2D eigenvalue weighted by Gasteiger charge is -2.35. The zero-order valence-corrected chi connectivity index (χ0v) is 7.97. The highest BCUT2D eigenvalue weighted by atomic mass is 14.9. The maximum Gasteiger partial charge on any atom is 0.0117 e. The van der Waals surface area contributed by atoms with Gasteiger partial charge in [-0.25, -0.2) is 0 Å². The molecule has 0 spiro atoms. The molecule has 1 aliphatic carbocycles. The van der Waals surface area contributed by atoms with Gasteiger partial charge in [0.1, 0.15) is 0 Å².